The summed E-state index contributed by atoms with van der Waals surface area (Å²) in [6, 6.07) is 1.94. The first-order valence-electron chi connectivity index (χ1n) is 13.3. The minimum absolute atomic E-state index is 0.0813. The Bertz CT molecular complexity index is 1370. The van der Waals surface area contributed by atoms with E-state index in [-0.39, 0.29) is 51.8 Å². The number of carbonyl (C=O) groups excluding carboxylic acids is 2. The molecule has 0 unspecified atom stereocenters. The average Bonchev–Trinajstić information content (AvgIpc) is 3.47. The lowest BCUT2D eigenvalue weighted by Crippen LogP contribution is -2.39. The van der Waals surface area contributed by atoms with E-state index >= 15 is 0 Å². The fourth-order valence-electron chi connectivity index (χ4n) is 3.74. The van der Waals surface area contributed by atoms with E-state index in [1.165, 1.54) is 6.33 Å². The van der Waals surface area contributed by atoms with Crippen LogP contribution < -0.4 is 5.73 Å². The van der Waals surface area contributed by atoms with Crippen LogP contribution in [0.25, 0.3) is 10.2 Å². The number of aliphatic hydroxyl groups is 2. The maximum atomic E-state index is 13.6. The maximum absolute atomic E-state index is 13.6. The summed E-state index contributed by atoms with van der Waals surface area (Å²) in [6.45, 7) is 9.75. The molecule has 0 aliphatic carbocycles. The van der Waals surface area contributed by atoms with Crippen LogP contribution >= 0.6 is 42.7 Å². The van der Waals surface area contributed by atoms with Gasteiger partial charge in [-0.2, -0.15) is 5.26 Å². The second-order valence-electron chi connectivity index (χ2n) is 11.7. The van der Waals surface area contributed by atoms with Crippen molar-refractivity contribution in [2.24, 2.45) is 10.8 Å². The van der Waals surface area contributed by atoms with Crippen molar-refractivity contribution < 1.29 is 42.7 Å². The Hall–Kier alpha value is -1.64. The lowest BCUT2D eigenvalue weighted by atomic mass is 9.89. The number of nitrogens with zero attached hydrogens (tertiary/aromatic N) is 3. The van der Waals surface area contributed by atoms with Crippen LogP contribution in [0.15, 0.2) is 11.7 Å². The number of ether oxygens (including phenoxy) is 1. The highest BCUT2D eigenvalue weighted by molar-refractivity contribution is 8.14. The van der Waals surface area contributed by atoms with Gasteiger partial charge in [-0.3, -0.25) is 23.2 Å². The van der Waals surface area contributed by atoms with E-state index in [0.717, 1.165) is 34.9 Å². The summed E-state index contributed by atoms with van der Waals surface area (Å²) in [6.07, 6.45) is -3.45. The molecular formula is C26H37N4O9PS3. The van der Waals surface area contributed by atoms with Crippen molar-refractivity contribution in [1.82, 2.24) is 9.97 Å². The predicted octanol–water partition coefficient (Wildman–Crippen LogP) is 3.88. The number of fused-ring (bicyclic) bond motifs is 1. The average molecular weight is 677 g/mol. The third-order valence-electron chi connectivity index (χ3n) is 6.16. The molecule has 4 N–H and O–H groups in total. The monoisotopic (exact) mass is 676 g/mol. The van der Waals surface area contributed by atoms with Gasteiger partial charge in [-0.1, -0.05) is 65.1 Å². The molecule has 1 aliphatic heterocycles. The zero-order valence-corrected chi connectivity index (χ0v) is 28.1. The number of carbonyl (C=O) groups is 2. The summed E-state index contributed by atoms with van der Waals surface area (Å²) in [4.78, 5) is 32.6. The van der Waals surface area contributed by atoms with Gasteiger partial charge in [0.1, 0.15) is 36.5 Å². The Labute approximate surface area is 262 Å². The Morgan fingerprint density at radius 3 is 2.16 bits per heavy atom. The predicted molar refractivity (Wildman–Crippen MR) is 165 cm³/mol. The van der Waals surface area contributed by atoms with E-state index in [2.05, 4.69) is 9.97 Å². The molecule has 17 heteroatoms. The smallest absolute Gasteiger partial charge is 0.387 e. The molecule has 0 spiro atoms. The van der Waals surface area contributed by atoms with Crippen LogP contribution in [0, 0.1) is 22.2 Å². The first kappa shape index (κ1) is 35.8. The molecule has 0 amide bonds. The molecule has 43 heavy (non-hydrogen) atoms. The summed E-state index contributed by atoms with van der Waals surface area (Å²) in [5.74, 6) is 0.514. The lowest BCUT2D eigenvalue weighted by molar-refractivity contribution is -0.118. The summed E-state index contributed by atoms with van der Waals surface area (Å²) < 4.78 is 36.4. The molecule has 0 bridgehead atoms. The molecule has 0 saturated carbocycles. The topological polar surface area (TPSA) is 204 Å². The fourth-order valence-corrected chi connectivity index (χ4v) is 7.71. The quantitative estimate of drug-likeness (QED) is 0.216. The number of rotatable bonds is 12. The Morgan fingerprint density at radius 2 is 1.65 bits per heavy atom. The SMILES string of the molecule is CC(C)(C)C(=O)SCCOP(=O)(OCCSC(=O)C(C)(C)C)OC[C@H]1O[C@@](C#N)(c2csc3c(N)ncnc23)[C@H](O)[C@@H]1O. The van der Waals surface area contributed by atoms with Gasteiger partial charge < -0.3 is 20.7 Å². The number of anilines is 1. The molecule has 3 heterocycles. The second kappa shape index (κ2) is 14.2. The van der Waals surface area contributed by atoms with E-state index in [4.69, 9.17) is 24.0 Å². The molecule has 3 rings (SSSR count). The zero-order valence-electron chi connectivity index (χ0n) is 24.8. The molecule has 1 saturated heterocycles. The van der Waals surface area contributed by atoms with Gasteiger partial charge in [-0.25, -0.2) is 14.5 Å². The summed E-state index contributed by atoms with van der Waals surface area (Å²) in [7, 11) is -4.32. The van der Waals surface area contributed by atoms with E-state index in [0.29, 0.717) is 4.70 Å². The molecule has 238 valence electrons. The van der Waals surface area contributed by atoms with Crippen molar-refractivity contribution in [3.63, 3.8) is 0 Å². The highest BCUT2D eigenvalue weighted by Gasteiger charge is 2.57. The highest BCUT2D eigenvalue weighted by Crippen LogP contribution is 2.51. The number of hydrogen-bond acceptors (Lipinski definition) is 16. The first-order chi connectivity index (χ1) is 19.9. The number of nitrogens with two attached hydrogens (primary N) is 1. The van der Waals surface area contributed by atoms with E-state index in [1.54, 1.807) is 46.9 Å². The number of nitriles is 1. The second-order valence-corrected chi connectivity index (χ2v) is 16.4. The zero-order chi connectivity index (χ0) is 32.2. The van der Waals surface area contributed by atoms with Crippen molar-refractivity contribution >= 4 is 68.9 Å². The number of thiophene rings is 1. The number of aliphatic hydroxyl groups excluding tert-OH is 2. The summed E-state index contributed by atoms with van der Waals surface area (Å²) in [5, 5.41) is 33.3. The summed E-state index contributed by atoms with van der Waals surface area (Å²) >= 11 is 3.17. The van der Waals surface area contributed by atoms with Gasteiger partial charge in [0, 0.05) is 33.3 Å². The van der Waals surface area contributed by atoms with Gasteiger partial charge in [-0.15, -0.1) is 11.3 Å². The van der Waals surface area contributed by atoms with Gasteiger partial charge in [0.15, 0.2) is 10.2 Å². The molecule has 2 aromatic heterocycles. The lowest BCUT2D eigenvalue weighted by Gasteiger charge is -2.24. The molecular weight excluding hydrogens is 639 g/mol. The van der Waals surface area contributed by atoms with Crippen LogP contribution in [0.5, 0.6) is 0 Å². The first-order valence-corrected chi connectivity index (χ1v) is 17.6. The van der Waals surface area contributed by atoms with Crippen molar-refractivity contribution in [3.8, 4) is 6.07 Å². The third-order valence-corrected chi connectivity index (χ3v) is 11.1. The number of phosphoric acid groups is 1. The van der Waals surface area contributed by atoms with Crippen molar-refractivity contribution in [1.29, 1.82) is 5.26 Å². The van der Waals surface area contributed by atoms with Crippen LogP contribution in [-0.2, 0) is 38.1 Å². The van der Waals surface area contributed by atoms with Crippen LogP contribution in [0.1, 0.15) is 47.1 Å². The van der Waals surface area contributed by atoms with E-state index < -0.39 is 49.2 Å². The van der Waals surface area contributed by atoms with E-state index in [1.807, 2.05) is 6.07 Å². The summed E-state index contributed by atoms with van der Waals surface area (Å²) in [5.41, 5.74) is 3.21. The Balaban J connectivity index is 1.72. The number of aromatic nitrogens is 2. The molecule has 0 radical (unpaired) electrons. The standard InChI is InChI=1S/C26H37N4O9PS3/c1-24(2,3)22(33)41-9-7-36-40(35,37-8-10-42-23(34)25(4,5)6)38-11-16-18(31)20(32)26(13-27,39-16)15-12-43-19-17(15)29-14-30-21(19)28/h12,14,16,18,20,31-32H,7-11H2,1-6H3,(H2,28,29,30)/t16-,18-,20-,26+/m1/s1. The van der Waals surface area contributed by atoms with Gasteiger partial charge in [0.2, 0.25) is 5.60 Å². The highest BCUT2D eigenvalue weighted by atomic mass is 32.2. The Kier molecular flexibility index (Phi) is 11.8. The maximum Gasteiger partial charge on any atom is 0.474 e. The molecule has 0 aromatic carbocycles. The normalized spacial score (nSPS) is 23.0. The van der Waals surface area contributed by atoms with Crippen LogP contribution in [-0.4, -0.2) is 80.0 Å². The fraction of sp³-hybridized carbons (Fsp3) is 0.654. The molecule has 13 nitrogen and oxygen atoms in total. The van der Waals surface area contributed by atoms with Gasteiger partial charge in [0.05, 0.1) is 30.0 Å². The van der Waals surface area contributed by atoms with E-state index in [9.17, 15) is 29.6 Å². The third kappa shape index (κ3) is 8.55. The number of thioether (sulfide) groups is 2. The molecule has 4 atom stereocenters. The molecule has 2 aromatic rings. The van der Waals surface area contributed by atoms with Crippen LogP contribution in [0.3, 0.4) is 0 Å². The number of hydrogen-bond donors (Lipinski definition) is 3. The van der Waals surface area contributed by atoms with Gasteiger partial charge in [-0.05, 0) is 0 Å². The van der Waals surface area contributed by atoms with Crippen molar-refractivity contribution in [3.05, 3.63) is 17.3 Å². The number of phosphoric ester groups is 1. The van der Waals surface area contributed by atoms with Crippen molar-refractivity contribution in [2.45, 2.75) is 65.5 Å². The van der Waals surface area contributed by atoms with Crippen molar-refractivity contribution in [2.75, 3.05) is 37.1 Å². The minimum Gasteiger partial charge on any atom is -0.387 e. The van der Waals surface area contributed by atoms with Gasteiger partial charge in [0.25, 0.3) is 0 Å². The van der Waals surface area contributed by atoms with Crippen LogP contribution in [0.2, 0.25) is 0 Å². The largest absolute Gasteiger partial charge is 0.474 e. The number of nitrogen functional groups attached to an aromatic ring is 1. The van der Waals surface area contributed by atoms with Gasteiger partial charge >= 0.3 is 7.82 Å². The molecule has 1 aliphatic rings. The van der Waals surface area contributed by atoms with Crippen LogP contribution in [0.4, 0.5) is 5.82 Å². The molecule has 1 fully saturated rings. The Morgan fingerprint density at radius 1 is 1.09 bits per heavy atom. The minimum atomic E-state index is -4.32.